The summed E-state index contributed by atoms with van der Waals surface area (Å²) in [6.07, 6.45) is 1.10. The number of hydrogen-bond donors (Lipinski definition) is 0. The number of ether oxygens (including phenoxy) is 2. The first kappa shape index (κ1) is 21.9. The average Bonchev–Trinajstić information content (AvgIpc) is 3.29. The summed E-state index contributed by atoms with van der Waals surface area (Å²) in [5.41, 5.74) is 1.91. The number of rotatable bonds is 6. The number of thiazole rings is 1. The fraction of sp³-hybridized carbons (Fsp3) is 0.318. The molecule has 0 atom stereocenters. The third-order valence-corrected chi connectivity index (χ3v) is 8.88. The Hall–Kier alpha value is -2.29. The number of nitrogens with zero attached hydrogens (tertiary/aromatic N) is 2. The zero-order valence-electron chi connectivity index (χ0n) is 17.2. The molecule has 0 unspecified atom stereocenters. The first-order valence-electron chi connectivity index (χ1n) is 9.84. The highest BCUT2D eigenvalue weighted by Crippen LogP contribution is 2.34. The van der Waals surface area contributed by atoms with Gasteiger partial charge in [-0.1, -0.05) is 23.7 Å². The fourth-order valence-corrected chi connectivity index (χ4v) is 6.47. The van der Waals surface area contributed by atoms with E-state index in [1.165, 1.54) is 14.2 Å². The number of piperidine rings is 1. The summed E-state index contributed by atoms with van der Waals surface area (Å²) in [6, 6.07) is 12.4. The number of sulfone groups is 1. The number of hydrogen-bond acceptors (Lipinski definition) is 7. The molecule has 0 saturated carbocycles. The number of methoxy groups -OCH3 is 2. The van der Waals surface area contributed by atoms with Crippen LogP contribution in [0, 0.1) is 0 Å². The quantitative estimate of drug-likeness (QED) is 0.500. The molecular weight excluding hydrogens is 456 g/mol. The van der Waals surface area contributed by atoms with Gasteiger partial charge in [-0.15, -0.1) is 11.3 Å². The van der Waals surface area contributed by atoms with Crippen molar-refractivity contribution in [2.45, 2.75) is 23.0 Å². The highest BCUT2D eigenvalue weighted by molar-refractivity contribution is 7.92. The van der Waals surface area contributed by atoms with Gasteiger partial charge in [0.1, 0.15) is 0 Å². The van der Waals surface area contributed by atoms with E-state index in [1.807, 2.05) is 29.6 Å². The Morgan fingerprint density at radius 1 is 1.03 bits per heavy atom. The van der Waals surface area contributed by atoms with Crippen molar-refractivity contribution in [2.24, 2.45) is 0 Å². The van der Waals surface area contributed by atoms with Gasteiger partial charge in [-0.3, -0.25) is 0 Å². The van der Waals surface area contributed by atoms with Crippen LogP contribution in [0.1, 0.15) is 12.8 Å². The lowest BCUT2D eigenvalue weighted by atomic mass is 10.1. The monoisotopic (exact) mass is 478 g/mol. The predicted octanol–water partition coefficient (Wildman–Crippen LogP) is 4.92. The van der Waals surface area contributed by atoms with E-state index in [2.05, 4.69) is 4.90 Å². The van der Waals surface area contributed by atoms with Crippen LogP contribution in [0.25, 0.3) is 11.3 Å². The van der Waals surface area contributed by atoms with Gasteiger partial charge in [0.15, 0.2) is 26.5 Å². The summed E-state index contributed by atoms with van der Waals surface area (Å²) in [5, 5.41) is 3.19. The highest BCUT2D eigenvalue weighted by atomic mass is 35.5. The van der Waals surface area contributed by atoms with Crippen molar-refractivity contribution >= 4 is 37.9 Å². The topological polar surface area (TPSA) is 68.7 Å². The smallest absolute Gasteiger partial charge is 0.185 e. The molecule has 31 heavy (non-hydrogen) atoms. The van der Waals surface area contributed by atoms with Crippen LogP contribution >= 0.6 is 22.9 Å². The van der Waals surface area contributed by atoms with Crippen molar-refractivity contribution in [3.63, 3.8) is 0 Å². The molecule has 0 aliphatic carbocycles. The molecular formula is C22H23ClN2O4S2. The van der Waals surface area contributed by atoms with E-state index in [0.717, 1.165) is 16.4 Å². The van der Waals surface area contributed by atoms with E-state index in [-0.39, 0.29) is 4.90 Å². The molecule has 2 aromatic carbocycles. The van der Waals surface area contributed by atoms with Gasteiger partial charge in [-0.05, 0) is 37.1 Å². The molecule has 1 aliphatic rings. The summed E-state index contributed by atoms with van der Waals surface area (Å²) >= 11 is 7.54. The van der Waals surface area contributed by atoms with Crippen LogP contribution in [-0.2, 0) is 9.84 Å². The maximum atomic E-state index is 13.2. The summed E-state index contributed by atoms with van der Waals surface area (Å²) < 4.78 is 36.8. The first-order valence-corrected chi connectivity index (χ1v) is 12.6. The van der Waals surface area contributed by atoms with E-state index in [1.54, 1.807) is 29.5 Å². The van der Waals surface area contributed by atoms with Crippen LogP contribution < -0.4 is 14.4 Å². The number of anilines is 1. The minimum absolute atomic E-state index is 0.267. The lowest BCUT2D eigenvalue weighted by Gasteiger charge is -2.31. The minimum atomic E-state index is -3.46. The van der Waals surface area contributed by atoms with Crippen molar-refractivity contribution < 1.29 is 17.9 Å². The second-order valence-electron chi connectivity index (χ2n) is 7.27. The van der Waals surface area contributed by atoms with Crippen molar-refractivity contribution in [1.82, 2.24) is 4.98 Å². The molecule has 1 fully saturated rings. The second-order valence-corrected chi connectivity index (χ2v) is 10.8. The fourth-order valence-electron chi connectivity index (χ4n) is 3.71. The van der Waals surface area contributed by atoms with Crippen molar-refractivity contribution in [3.05, 3.63) is 52.9 Å². The molecule has 3 aromatic rings. The molecule has 0 amide bonds. The molecule has 1 aromatic heterocycles. The van der Waals surface area contributed by atoms with E-state index in [9.17, 15) is 8.42 Å². The van der Waals surface area contributed by atoms with Crippen LogP contribution in [0.15, 0.2) is 52.7 Å². The summed E-state index contributed by atoms with van der Waals surface area (Å²) in [5.74, 6) is 0.926. The molecule has 1 aliphatic heterocycles. The Morgan fingerprint density at radius 2 is 1.71 bits per heavy atom. The summed E-state index contributed by atoms with van der Waals surface area (Å²) in [6.45, 7) is 1.29. The summed E-state index contributed by atoms with van der Waals surface area (Å²) in [7, 11) is -0.433. The van der Waals surface area contributed by atoms with E-state index in [0.29, 0.717) is 42.5 Å². The maximum absolute atomic E-state index is 13.2. The normalized spacial score (nSPS) is 15.1. The van der Waals surface area contributed by atoms with Gasteiger partial charge in [0.25, 0.3) is 0 Å². The highest BCUT2D eigenvalue weighted by Gasteiger charge is 2.32. The molecule has 2 heterocycles. The van der Waals surface area contributed by atoms with Gasteiger partial charge in [-0.2, -0.15) is 0 Å². The molecule has 9 heteroatoms. The van der Waals surface area contributed by atoms with Gasteiger partial charge in [0, 0.05) is 35.1 Å². The lowest BCUT2D eigenvalue weighted by Crippen LogP contribution is -2.39. The van der Waals surface area contributed by atoms with Gasteiger partial charge in [-0.25, -0.2) is 13.4 Å². The zero-order valence-corrected chi connectivity index (χ0v) is 19.6. The second kappa shape index (κ2) is 9.06. The average molecular weight is 479 g/mol. The van der Waals surface area contributed by atoms with Crippen molar-refractivity contribution in [3.8, 4) is 22.8 Å². The molecule has 0 spiro atoms. The van der Waals surface area contributed by atoms with Gasteiger partial charge in [0.2, 0.25) is 0 Å². The van der Waals surface area contributed by atoms with Crippen LogP contribution in [-0.4, -0.2) is 46.0 Å². The minimum Gasteiger partial charge on any atom is -0.493 e. The molecule has 0 N–H and O–H groups in total. The van der Waals surface area contributed by atoms with Crippen LogP contribution in [0.2, 0.25) is 5.02 Å². The molecule has 4 rings (SSSR count). The number of benzene rings is 2. The van der Waals surface area contributed by atoms with Gasteiger partial charge in [0.05, 0.1) is 30.1 Å². The number of halogens is 1. The Morgan fingerprint density at radius 3 is 2.35 bits per heavy atom. The SMILES string of the molecule is COc1ccc(S(=O)(=O)C2CCN(c3nc(-c4ccc(Cl)cc4)cs3)CC2)cc1OC. The molecule has 0 radical (unpaired) electrons. The van der Waals surface area contributed by atoms with Crippen LogP contribution in [0.4, 0.5) is 5.13 Å². The van der Waals surface area contributed by atoms with E-state index >= 15 is 0 Å². The zero-order chi connectivity index (χ0) is 22.0. The Bertz CT molecular complexity index is 1150. The Kier molecular flexibility index (Phi) is 6.41. The Balaban J connectivity index is 1.45. The van der Waals surface area contributed by atoms with E-state index < -0.39 is 15.1 Å². The van der Waals surface area contributed by atoms with Crippen LogP contribution in [0.3, 0.4) is 0 Å². The predicted molar refractivity (Wildman–Crippen MR) is 125 cm³/mol. The van der Waals surface area contributed by atoms with Crippen LogP contribution in [0.5, 0.6) is 11.5 Å². The largest absolute Gasteiger partial charge is 0.493 e. The molecule has 164 valence electrons. The maximum Gasteiger partial charge on any atom is 0.185 e. The lowest BCUT2D eigenvalue weighted by molar-refractivity contribution is 0.354. The third kappa shape index (κ3) is 4.51. The standard InChI is InChI=1S/C22H23ClN2O4S2/c1-28-20-8-7-18(13-21(20)29-2)31(26,27)17-9-11-25(12-10-17)22-24-19(14-30-22)15-3-5-16(23)6-4-15/h3-8,13-14,17H,9-12H2,1-2H3. The number of aromatic nitrogens is 1. The third-order valence-electron chi connectivity index (χ3n) is 5.47. The van der Waals surface area contributed by atoms with Gasteiger partial charge >= 0.3 is 0 Å². The first-order chi connectivity index (χ1) is 14.9. The van der Waals surface area contributed by atoms with Gasteiger partial charge < -0.3 is 14.4 Å². The molecule has 1 saturated heterocycles. The van der Waals surface area contributed by atoms with Crippen molar-refractivity contribution in [2.75, 3.05) is 32.2 Å². The molecule has 0 bridgehead atoms. The molecule has 6 nitrogen and oxygen atoms in total. The Labute approximate surface area is 191 Å². The van der Waals surface area contributed by atoms with Crippen molar-refractivity contribution in [1.29, 1.82) is 0 Å². The van der Waals surface area contributed by atoms with E-state index in [4.69, 9.17) is 26.1 Å². The summed E-state index contributed by atoms with van der Waals surface area (Å²) in [4.78, 5) is 7.17.